The third-order valence-electron chi connectivity index (χ3n) is 3.44. The zero-order chi connectivity index (χ0) is 18.0. The molecule has 0 fully saturated rings. The number of hydrogen-bond donors (Lipinski definition) is 1. The molecular formula is C18H11Cl2N3OS. The second-order valence-electron chi connectivity index (χ2n) is 5.20. The van der Waals surface area contributed by atoms with Crippen LogP contribution >= 0.6 is 34.5 Å². The summed E-state index contributed by atoms with van der Waals surface area (Å²) < 4.78 is 0. The molecule has 2 aromatic carbocycles. The summed E-state index contributed by atoms with van der Waals surface area (Å²) in [5.41, 5.74) is 2.43. The van der Waals surface area contributed by atoms with Crippen molar-refractivity contribution < 1.29 is 4.79 Å². The van der Waals surface area contributed by atoms with Gasteiger partial charge in [0.25, 0.3) is 5.91 Å². The Balaban J connectivity index is 1.84. The Labute approximate surface area is 158 Å². The van der Waals surface area contributed by atoms with E-state index < -0.39 is 0 Å². The van der Waals surface area contributed by atoms with E-state index in [9.17, 15) is 4.79 Å². The van der Waals surface area contributed by atoms with Crippen LogP contribution in [0.3, 0.4) is 0 Å². The summed E-state index contributed by atoms with van der Waals surface area (Å²) in [6, 6.07) is 14.0. The molecular weight excluding hydrogens is 377 g/mol. The zero-order valence-corrected chi connectivity index (χ0v) is 15.3. The molecule has 124 valence electrons. The number of benzene rings is 2. The number of anilines is 1. The number of nitriles is 1. The van der Waals surface area contributed by atoms with Crippen LogP contribution in [-0.4, -0.2) is 10.9 Å². The molecule has 1 heterocycles. The van der Waals surface area contributed by atoms with Gasteiger partial charge >= 0.3 is 0 Å². The predicted molar refractivity (Wildman–Crippen MR) is 101 cm³/mol. The van der Waals surface area contributed by atoms with Gasteiger partial charge < -0.3 is 5.32 Å². The molecule has 0 atom stereocenters. The fourth-order valence-electron chi connectivity index (χ4n) is 2.19. The third kappa shape index (κ3) is 3.83. The average Bonchev–Trinajstić information content (AvgIpc) is 2.97. The van der Waals surface area contributed by atoms with Crippen LogP contribution < -0.4 is 5.32 Å². The fourth-order valence-corrected chi connectivity index (χ4v) is 3.51. The first-order valence-electron chi connectivity index (χ1n) is 7.22. The molecule has 1 N–H and O–H groups in total. The summed E-state index contributed by atoms with van der Waals surface area (Å²) in [4.78, 5) is 17.5. The van der Waals surface area contributed by atoms with Crippen LogP contribution in [0.4, 0.5) is 5.69 Å². The molecule has 0 aliphatic rings. The number of halogens is 2. The number of nitrogens with zero attached hydrogens (tertiary/aromatic N) is 2. The third-order valence-corrected chi connectivity index (χ3v) is 5.21. The molecule has 1 aromatic heterocycles. The van der Waals surface area contributed by atoms with Gasteiger partial charge in [0.15, 0.2) is 0 Å². The van der Waals surface area contributed by atoms with Crippen LogP contribution in [-0.2, 0) is 0 Å². The molecule has 3 rings (SSSR count). The first kappa shape index (κ1) is 17.4. The smallest absolute Gasteiger partial charge is 0.267 e. The normalized spacial score (nSPS) is 10.3. The number of carbonyl (C=O) groups excluding carboxylic acids is 1. The molecule has 0 aliphatic heterocycles. The number of nitrogens with one attached hydrogen (secondary N) is 1. The van der Waals surface area contributed by atoms with E-state index in [1.807, 2.05) is 18.2 Å². The van der Waals surface area contributed by atoms with Crippen LogP contribution in [0.5, 0.6) is 0 Å². The highest BCUT2D eigenvalue weighted by molar-refractivity contribution is 7.17. The standard InChI is InChI=1S/C18H11Cl2N3OS/c1-10-16(25-18(22-10)11-2-5-13(19)6-3-11)17(24)23-14-7-4-12(9-21)15(20)8-14/h2-8H,1H3,(H,23,24). The van der Waals surface area contributed by atoms with E-state index in [4.69, 9.17) is 28.5 Å². The van der Waals surface area contributed by atoms with E-state index in [0.717, 1.165) is 10.6 Å². The summed E-state index contributed by atoms with van der Waals surface area (Å²) >= 11 is 13.2. The molecule has 1 amide bonds. The number of aromatic nitrogens is 1. The highest BCUT2D eigenvalue weighted by Crippen LogP contribution is 2.29. The number of aryl methyl sites for hydroxylation is 1. The fraction of sp³-hybridized carbons (Fsp3) is 0.0556. The van der Waals surface area contributed by atoms with E-state index in [2.05, 4.69) is 10.3 Å². The lowest BCUT2D eigenvalue weighted by Gasteiger charge is -2.05. The maximum absolute atomic E-state index is 12.5. The molecule has 25 heavy (non-hydrogen) atoms. The lowest BCUT2D eigenvalue weighted by atomic mass is 10.2. The second kappa shape index (κ2) is 7.24. The Kier molecular flexibility index (Phi) is 5.05. The van der Waals surface area contributed by atoms with E-state index >= 15 is 0 Å². The lowest BCUT2D eigenvalue weighted by molar-refractivity contribution is 0.103. The van der Waals surface area contributed by atoms with Crippen LogP contribution in [0, 0.1) is 18.3 Å². The molecule has 4 nitrogen and oxygen atoms in total. The Hall–Kier alpha value is -2.39. The lowest BCUT2D eigenvalue weighted by Crippen LogP contribution is -2.11. The molecule has 3 aromatic rings. The Morgan fingerprint density at radius 1 is 1.20 bits per heavy atom. The molecule has 0 bridgehead atoms. The number of amides is 1. The van der Waals surface area contributed by atoms with Crippen molar-refractivity contribution in [2.24, 2.45) is 0 Å². The number of hydrogen-bond acceptors (Lipinski definition) is 4. The van der Waals surface area contributed by atoms with Gasteiger partial charge in [-0.15, -0.1) is 11.3 Å². The number of thiazole rings is 1. The van der Waals surface area contributed by atoms with Gasteiger partial charge in [0, 0.05) is 16.3 Å². The molecule has 0 saturated carbocycles. The van der Waals surface area contributed by atoms with Crippen molar-refractivity contribution in [2.75, 3.05) is 5.32 Å². The van der Waals surface area contributed by atoms with Gasteiger partial charge in [-0.1, -0.05) is 35.3 Å². The summed E-state index contributed by atoms with van der Waals surface area (Å²) in [7, 11) is 0. The Morgan fingerprint density at radius 3 is 2.56 bits per heavy atom. The van der Waals surface area contributed by atoms with Crippen LogP contribution in [0.1, 0.15) is 20.9 Å². The van der Waals surface area contributed by atoms with E-state index in [1.165, 1.54) is 11.3 Å². The SMILES string of the molecule is Cc1nc(-c2ccc(Cl)cc2)sc1C(=O)Nc1ccc(C#N)c(Cl)c1. The van der Waals surface area contributed by atoms with Crippen molar-refractivity contribution in [1.29, 1.82) is 5.26 Å². The van der Waals surface area contributed by atoms with Crippen LogP contribution in [0.15, 0.2) is 42.5 Å². The van der Waals surface area contributed by atoms with Crippen molar-refractivity contribution in [1.82, 2.24) is 4.98 Å². The second-order valence-corrected chi connectivity index (χ2v) is 7.04. The van der Waals surface area contributed by atoms with E-state index in [1.54, 1.807) is 37.3 Å². The largest absolute Gasteiger partial charge is 0.321 e. The van der Waals surface area contributed by atoms with Gasteiger partial charge in [-0.25, -0.2) is 4.98 Å². The molecule has 0 saturated heterocycles. The van der Waals surface area contributed by atoms with Crippen molar-refractivity contribution >= 4 is 46.1 Å². The summed E-state index contributed by atoms with van der Waals surface area (Å²) in [6.45, 7) is 1.79. The molecule has 7 heteroatoms. The Bertz CT molecular complexity index is 991. The van der Waals surface area contributed by atoms with Crippen molar-refractivity contribution in [3.63, 3.8) is 0 Å². The number of rotatable bonds is 3. The van der Waals surface area contributed by atoms with E-state index in [-0.39, 0.29) is 5.91 Å². The summed E-state index contributed by atoms with van der Waals surface area (Å²) in [5.74, 6) is -0.268. The minimum Gasteiger partial charge on any atom is -0.321 e. The van der Waals surface area contributed by atoms with Gasteiger partial charge in [0.2, 0.25) is 0 Å². The maximum Gasteiger partial charge on any atom is 0.267 e. The van der Waals surface area contributed by atoms with Gasteiger partial charge in [-0.2, -0.15) is 5.26 Å². The minimum atomic E-state index is -0.268. The Morgan fingerprint density at radius 2 is 1.92 bits per heavy atom. The van der Waals surface area contributed by atoms with Gasteiger partial charge in [0.05, 0.1) is 16.3 Å². The highest BCUT2D eigenvalue weighted by Gasteiger charge is 2.17. The molecule has 0 aliphatic carbocycles. The van der Waals surface area contributed by atoms with Crippen molar-refractivity contribution in [2.45, 2.75) is 6.92 Å². The monoisotopic (exact) mass is 387 g/mol. The molecule has 0 unspecified atom stereocenters. The topological polar surface area (TPSA) is 65.8 Å². The first-order chi connectivity index (χ1) is 12.0. The highest BCUT2D eigenvalue weighted by atomic mass is 35.5. The van der Waals surface area contributed by atoms with Crippen LogP contribution in [0.25, 0.3) is 10.6 Å². The van der Waals surface area contributed by atoms with Gasteiger partial charge in [-0.3, -0.25) is 4.79 Å². The van der Waals surface area contributed by atoms with Gasteiger partial charge in [-0.05, 0) is 37.3 Å². The average molecular weight is 388 g/mol. The first-order valence-corrected chi connectivity index (χ1v) is 8.79. The molecule has 0 radical (unpaired) electrons. The van der Waals surface area contributed by atoms with Crippen molar-refractivity contribution in [3.8, 4) is 16.6 Å². The predicted octanol–water partition coefficient (Wildman–Crippen LogP) is 5.55. The summed E-state index contributed by atoms with van der Waals surface area (Å²) in [6.07, 6.45) is 0. The number of carbonyl (C=O) groups is 1. The zero-order valence-electron chi connectivity index (χ0n) is 13.0. The minimum absolute atomic E-state index is 0.268. The van der Waals surface area contributed by atoms with E-state index in [0.29, 0.717) is 31.9 Å². The van der Waals surface area contributed by atoms with Gasteiger partial charge in [0.1, 0.15) is 16.0 Å². The molecule has 0 spiro atoms. The quantitative estimate of drug-likeness (QED) is 0.640. The summed E-state index contributed by atoms with van der Waals surface area (Å²) in [5, 5.41) is 13.4. The maximum atomic E-state index is 12.5. The van der Waals surface area contributed by atoms with Crippen LogP contribution in [0.2, 0.25) is 10.0 Å². The van der Waals surface area contributed by atoms with Crippen molar-refractivity contribution in [3.05, 3.63) is 68.6 Å².